The Balaban J connectivity index is 2.94. The average Bonchev–Trinajstić information content (AvgIpc) is 1.88. The maximum Gasteiger partial charge on any atom is 0.276 e. The second-order valence-corrected chi connectivity index (χ2v) is 1.40. The molecule has 1 rings (SSSR count). The number of aromatic nitrogens is 2. The molecule has 0 bridgehead atoms. The Labute approximate surface area is 52.1 Å². The smallest absolute Gasteiger partial charge is 0.276 e. The SMILES string of the molecule is COc1cc([O])ncn1. The molecule has 0 N–H and O–H groups in total. The van der Waals surface area contributed by atoms with Crippen molar-refractivity contribution in [2.75, 3.05) is 7.11 Å². The van der Waals surface area contributed by atoms with E-state index < -0.39 is 0 Å². The van der Waals surface area contributed by atoms with Gasteiger partial charge in [-0.3, -0.25) is 5.11 Å². The third-order valence-electron chi connectivity index (χ3n) is 0.826. The lowest BCUT2D eigenvalue weighted by Crippen LogP contribution is -1.86. The first kappa shape index (κ1) is 5.81. The van der Waals surface area contributed by atoms with Crippen LogP contribution in [0.5, 0.6) is 11.8 Å². The lowest BCUT2D eigenvalue weighted by molar-refractivity contribution is 0.327. The first-order valence-corrected chi connectivity index (χ1v) is 2.36. The molecule has 1 aromatic rings. The molecule has 0 amide bonds. The van der Waals surface area contributed by atoms with Gasteiger partial charge in [-0.15, -0.1) is 0 Å². The fourth-order valence-corrected chi connectivity index (χ4v) is 0.434. The number of rotatable bonds is 1. The quantitative estimate of drug-likeness (QED) is 0.553. The van der Waals surface area contributed by atoms with Crippen LogP contribution in [-0.2, 0) is 5.11 Å². The number of hydrogen-bond acceptors (Lipinski definition) is 3. The second-order valence-electron chi connectivity index (χ2n) is 1.40. The minimum Gasteiger partial charge on any atom is -0.481 e. The highest BCUT2D eigenvalue weighted by Gasteiger charge is 1.94. The lowest BCUT2D eigenvalue weighted by atomic mass is 10.6. The summed E-state index contributed by atoms with van der Waals surface area (Å²) < 4.78 is 4.64. The second kappa shape index (κ2) is 2.30. The minimum absolute atomic E-state index is 0.301. The molecule has 1 radical (unpaired) electrons. The summed E-state index contributed by atoms with van der Waals surface area (Å²) in [5, 5.41) is 10.4. The van der Waals surface area contributed by atoms with E-state index in [2.05, 4.69) is 14.7 Å². The van der Waals surface area contributed by atoms with Gasteiger partial charge in [0.2, 0.25) is 5.88 Å². The Morgan fingerprint density at radius 3 is 2.78 bits per heavy atom. The van der Waals surface area contributed by atoms with Gasteiger partial charge in [-0.25, -0.2) is 4.98 Å². The van der Waals surface area contributed by atoms with Crippen LogP contribution in [0.15, 0.2) is 12.4 Å². The molecule has 0 saturated heterocycles. The van der Waals surface area contributed by atoms with Crippen LogP contribution in [0.4, 0.5) is 0 Å². The van der Waals surface area contributed by atoms with E-state index in [1.165, 1.54) is 19.5 Å². The summed E-state index contributed by atoms with van der Waals surface area (Å²) in [6.07, 6.45) is 1.17. The highest BCUT2D eigenvalue weighted by atomic mass is 16.5. The topological polar surface area (TPSA) is 54.9 Å². The summed E-state index contributed by atoms with van der Waals surface area (Å²) in [6, 6.07) is 1.22. The van der Waals surface area contributed by atoms with Crippen LogP contribution < -0.4 is 4.74 Å². The highest BCUT2D eigenvalue weighted by Crippen LogP contribution is 2.09. The number of nitrogens with zero attached hydrogens (tertiary/aromatic N) is 2. The molecule has 4 heteroatoms. The predicted molar refractivity (Wildman–Crippen MR) is 28.7 cm³/mol. The molecule has 0 aliphatic carbocycles. The molecule has 0 aliphatic rings. The van der Waals surface area contributed by atoms with Crippen molar-refractivity contribution in [2.24, 2.45) is 0 Å². The monoisotopic (exact) mass is 125 g/mol. The maximum absolute atomic E-state index is 10.4. The van der Waals surface area contributed by atoms with Gasteiger partial charge in [0, 0.05) is 0 Å². The number of hydrogen-bond donors (Lipinski definition) is 0. The highest BCUT2D eigenvalue weighted by molar-refractivity contribution is 5.15. The van der Waals surface area contributed by atoms with Gasteiger partial charge in [0.25, 0.3) is 5.88 Å². The van der Waals surface area contributed by atoms with Crippen molar-refractivity contribution in [3.8, 4) is 11.8 Å². The molecule has 1 heterocycles. The summed E-state index contributed by atoms with van der Waals surface area (Å²) in [6.45, 7) is 0. The molecule has 0 unspecified atom stereocenters. The maximum atomic E-state index is 10.4. The first-order valence-electron chi connectivity index (χ1n) is 2.36. The predicted octanol–water partition coefficient (Wildman–Crippen LogP) is 0.629. The van der Waals surface area contributed by atoms with E-state index in [1.807, 2.05) is 0 Å². The van der Waals surface area contributed by atoms with Crippen molar-refractivity contribution in [3.63, 3.8) is 0 Å². The molecule has 0 fully saturated rings. The summed E-state index contributed by atoms with van der Waals surface area (Å²) in [4.78, 5) is 6.97. The molecule has 9 heavy (non-hydrogen) atoms. The van der Waals surface area contributed by atoms with Gasteiger partial charge in [0.1, 0.15) is 6.33 Å². The van der Waals surface area contributed by atoms with Gasteiger partial charge in [0.05, 0.1) is 13.2 Å². The minimum atomic E-state index is -0.332. The van der Waals surface area contributed by atoms with Crippen molar-refractivity contribution in [1.29, 1.82) is 0 Å². The zero-order valence-electron chi connectivity index (χ0n) is 4.87. The Kier molecular flexibility index (Phi) is 1.48. The molecule has 0 aliphatic heterocycles. The summed E-state index contributed by atoms with van der Waals surface area (Å²) in [5.74, 6) is -0.0307. The zero-order valence-corrected chi connectivity index (χ0v) is 4.87. The molecular weight excluding hydrogens is 120 g/mol. The standard InChI is InChI=1S/C5H5N2O2/c1-9-5-2-4(8)6-3-7-5/h2-3H,1H3. The normalized spacial score (nSPS) is 9.00. The van der Waals surface area contributed by atoms with Crippen LogP contribution in [0.3, 0.4) is 0 Å². The van der Waals surface area contributed by atoms with Crippen molar-refractivity contribution in [3.05, 3.63) is 12.4 Å². The average molecular weight is 125 g/mol. The fourth-order valence-electron chi connectivity index (χ4n) is 0.434. The van der Waals surface area contributed by atoms with E-state index in [9.17, 15) is 5.11 Å². The zero-order chi connectivity index (χ0) is 6.69. The van der Waals surface area contributed by atoms with Crippen molar-refractivity contribution in [1.82, 2.24) is 9.97 Å². The number of methoxy groups -OCH3 is 1. The van der Waals surface area contributed by atoms with Crippen molar-refractivity contribution in [2.45, 2.75) is 0 Å². The van der Waals surface area contributed by atoms with Crippen LogP contribution in [0.25, 0.3) is 0 Å². The molecule has 0 aromatic carbocycles. The van der Waals surface area contributed by atoms with E-state index in [0.29, 0.717) is 5.88 Å². The third kappa shape index (κ3) is 1.28. The molecular formula is C5H5N2O2. The molecule has 47 valence electrons. The summed E-state index contributed by atoms with van der Waals surface area (Å²) in [5.41, 5.74) is 0. The molecule has 1 aromatic heterocycles. The lowest BCUT2D eigenvalue weighted by Gasteiger charge is -1.93. The Morgan fingerprint density at radius 2 is 2.33 bits per heavy atom. The van der Waals surface area contributed by atoms with Crippen LogP contribution in [0, 0.1) is 0 Å². The van der Waals surface area contributed by atoms with Crippen LogP contribution in [0.2, 0.25) is 0 Å². The van der Waals surface area contributed by atoms with Gasteiger partial charge in [0.15, 0.2) is 0 Å². The van der Waals surface area contributed by atoms with Gasteiger partial charge < -0.3 is 4.74 Å². The Hall–Kier alpha value is -1.32. The number of ether oxygens (including phenoxy) is 1. The summed E-state index contributed by atoms with van der Waals surface area (Å²) >= 11 is 0. The molecule has 4 nitrogen and oxygen atoms in total. The van der Waals surface area contributed by atoms with E-state index in [-0.39, 0.29) is 5.88 Å². The Bertz CT molecular complexity index is 202. The Morgan fingerprint density at radius 1 is 1.56 bits per heavy atom. The fraction of sp³-hybridized carbons (Fsp3) is 0.200. The van der Waals surface area contributed by atoms with Crippen molar-refractivity contribution < 1.29 is 9.84 Å². The van der Waals surface area contributed by atoms with Crippen LogP contribution >= 0.6 is 0 Å². The van der Waals surface area contributed by atoms with Gasteiger partial charge in [-0.05, 0) is 0 Å². The van der Waals surface area contributed by atoms with Gasteiger partial charge in [-0.1, -0.05) is 0 Å². The van der Waals surface area contributed by atoms with E-state index in [1.54, 1.807) is 0 Å². The van der Waals surface area contributed by atoms with Crippen LogP contribution in [0.1, 0.15) is 0 Å². The van der Waals surface area contributed by atoms with Gasteiger partial charge >= 0.3 is 0 Å². The summed E-state index contributed by atoms with van der Waals surface area (Å²) in [7, 11) is 1.45. The molecule has 0 spiro atoms. The van der Waals surface area contributed by atoms with Crippen LogP contribution in [-0.4, -0.2) is 17.1 Å². The van der Waals surface area contributed by atoms with Gasteiger partial charge in [-0.2, -0.15) is 4.98 Å². The largest absolute Gasteiger partial charge is 0.481 e. The van der Waals surface area contributed by atoms with E-state index in [0.717, 1.165) is 0 Å². The molecule has 0 atom stereocenters. The third-order valence-corrected chi connectivity index (χ3v) is 0.826. The van der Waals surface area contributed by atoms with E-state index >= 15 is 0 Å². The molecule has 0 saturated carbocycles. The van der Waals surface area contributed by atoms with E-state index in [4.69, 9.17) is 0 Å². The van der Waals surface area contributed by atoms with Crippen molar-refractivity contribution >= 4 is 0 Å². The first-order chi connectivity index (χ1) is 4.33.